The van der Waals surface area contributed by atoms with E-state index < -0.39 is 17.9 Å². The summed E-state index contributed by atoms with van der Waals surface area (Å²) >= 11 is 5.44. The monoisotopic (exact) mass is 227 g/mol. The van der Waals surface area contributed by atoms with Crippen LogP contribution in [0.1, 0.15) is 0 Å². The summed E-state index contributed by atoms with van der Waals surface area (Å²) in [4.78, 5) is 0. The Morgan fingerprint density at radius 3 is 2.43 bits per heavy atom. The highest BCUT2D eigenvalue weighted by atomic mass is 35.5. The zero-order chi connectivity index (χ0) is 10.9. The number of rotatable bonds is 1. The Labute approximate surface area is 81.8 Å². The van der Waals surface area contributed by atoms with E-state index in [2.05, 4.69) is 4.74 Å². The molecule has 0 aliphatic heterocycles. The van der Waals surface area contributed by atoms with Gasteiger partial charge < -0.3 is 15.6 Å². The van der Waals surface area contributed by atoms with Crippen molar-refractivity contribution < 1.29 is 23.0 Å². The molecular formula is C7H5ClF3NO2. The molecule has 1 rings (SSSR count). The van der Waals surface area contributed by atoms with Crippen molar-refractivity contribution in [2.24, 2.45) is 0 Å². The third-order valence-electron chi connectivity index (χ3n) is 1.30. The van der Waals surface area contributed by atoms with Crippen molar-refractivity contribution >= 4 is 17.3 Å². The minimum atomic E-state index is -4.88. The maximum absolute atomic E-state index is 11.7. The Hall–Kier alpha value is -1.30. The van der Waals surface area contributed by atoms with Crippen LogP contribution in [0.4, 0.5) is 18.9 Å². The van der Waals surface area contributed by atoms with E-state index in [0.717, 1.165) is 12.1 Å². The van der Waals surface area contributed by atoms with Crippen LogP contribution in [0.2, 0.25) is 5.02 Å². The normalized spacial score (nSPS) is 11.4. The summed E-state index contributed by atoms with van der Waals surface area (Å²) in [7, 11) is 0. The number of halogens is 4. The Morgan fingerprint density at radius 2 is 1.93 bits per heavy atom. The number of ether oxygens (including phenoxy) is 1. The molecule has 3 N–H and O–H groups in total. The van der Waals surface area contributed by atoms with Gasteiger partial charge in [0.15, 0.2) is 11.5 Å². The lowest BCUT2D eigenvalue weighted by molar-refractivity contribution is -0.275. The van der Waals surface area contributed by atoms with Gasteiger partial charge in [0.25, 0.3) is 0 Å². The molecule has 7 heteroatoms. The second-order valence-corrected chi connectivity index (χ2v) is 2.80. The zero-order valence-corrected chi connectivity index (χ0v) is 7.36. The Balaban J connectivity index is 3.04. The van der Waals surface area contributed by atoms with E-state index in [1.54, 1.807) is 0 Å². The van der Waals surface area contributed by atoms with Crippen LogP contribution in [-0.2, 0) is 0 Å². The summed E-state index contributed by atoms with van der Waals surface area (Å²) in [5.41, 5.74) is 5.11. The second kappa shape index (κ2) is 3.45. The van der Waals surface area contributed by atoms with Crippen molar-refractivity contribution in [1.29, 1.82) is 0 Å². The number of phenolic OH excluding ortho intramolecular Hbond substituents is 1. The maximum Gasteiger partial charge on any atom is 0.573 e. The van der Waals surface area contributed by atoms with Gasteiger partial charge in [0.05, 0.1) is 10.7 Å². The first-order valence-electron chi connectivity index (χ1n) is 3.33. The molecule has 0 saturated heterocycles. The molecule has 78 valence electrons. The highest BCUT2D eigenvalue weighted by molar-refractivity contribution is 6.33. The van der Waals surface area contributed by atoms with Crippen LogP contribution in [0.15, 0.2) is 12.1 Å². The van der Waals surface area contributed by atoms with Gasteiger partial charge >= 0.3 is 6.36 Å². The van der Waals surface area contributed by atoms with Gasteiger partial charge in [-0.1, -0.05) is 11.6 Å². The fourth-order valence-corrected chi connectivity index (χ4v) is 0.923. The van der Waals surface area contributed by atoms with Gasteiger partial charge in [-0.3, -0.25) is 0 Å². The van der Waals surface area contributed by atoms with E-state index in [-0.39, 0.29) is 10.7 Å². The lowest BCUT2D eigenvalue weighted by Crippen LogP contribution is -2.17. The smallest absolute Gasteiger partial charge is 0.504 e. The molecule has 0 fully saturated rings. The number of nitrogen functional groups attached to an aromatic ring is 1. The third-order valence-corrected chi connectivity index (χ3v) is 1.63. The Kier molecular flexibility index (Phi) is 2.66. The van der Waals surface area contributed by atoms with Crippen molar-refractivity contribution in [2.75, 3.05) is 5.73 Å². The Morgan fingerprint density at radius 1 is 1.36 bits per heavy atom. The van der Waals surface area contributed by atoms with E-state index in [1.807, 2.05) is 0 Å². The van der Waals surface area contributed by atoms with Gasteiger partial charge in [0.1, 0.15) is 0 Å². The first kappa shape index (κ1) is 10.8. The predicted molar refractivity (Wildman–Crippen MR) is 44.2 cm³/mol. The van der Waals surface area contributed by atoms with Crippen LogP contribution in [-0.4, -0.2) is 11.5 Å². The molecule has 0 aliphatic carbocycles. The van der Waals surface area contributed by atoms with Gasteiger partial charge in [0.2, 0.25) is 0 Å². The zero-order valence-electron chi connectivity index (χ0n) is 6.60. The molecule has 0 spiro atoms. The highest BCUT2D eigenvalue weighted by Gasteiger charge is 2.32. The standard InChI is InChI=1S/C7H5ClF3NO2/c8-3-1-5(13)6(2-4(3)12)14-7(9,10)11/h1-2,13H,12H2. The van der Waals surface area contributed by atoms with Gasteiger partial charge in [0, 0.05) is 12.1 Å². The van der Waals surface area contributed by atoms with Crippen LogP contribution in [0.3, 0.4) is 0 Å². The number of hydrogen-bond donors (Lipinski definition) is 2. The van der Waals surface area contributed by atoms with Crippen molar-refractivity contribution in [3.63, 3.8) is 0 Å². The summed E-state index contributed by atoms with van der Waals surface area (Å²) in [6.07, 6.45) is -4.88. The highest BCUT2D eigenvalue weighted by Crippen LogP contribution is 2.36. The van der Waals surface area contributed by atoms with Gasteiger partial charge in [-0.15, -0.1) is 13.2 Å². The van der Waals surface area contributed by atoms with Gasteiger partial charge in [-0.2, -0.15) is 0 Å². The van der Waals surface area contributed by atoms with Crippen molar-refractivity contribution in [3.05, 3.63) is 17.2 Å². The molecule has 0 amide bonds. The largest absolute Gasteiger partial charge is 0.573 e. The molecular weight excluding hydrogens is 223 g/mol. The third kappa shape index (κ3) is 2.59. The Bertz CT molecular complexity index is 354. The van der Waals surface area contributed by atoms with Crippen molar-refractivity contribution in [1.82, 2.24) is 0 Å². The van der Waals surface area contributed by atoms with Gasteiger partial charge in [-0.25, -0.2) is 0 Å². The average Bonchev–Trinajstić information content (AvgIpc) is 1.97. The molecule has 1 aromatic carbocycles. The maximum atomic E-state index is 11.7. The lowest BCUT2D eigenvalue weighted by Gasteiger charge is -2.11. The van der Waals surface area contributed by atoms with Crippen LogP contribution in [0, 0.1) is 0 Å². The van der Waals surface area contributed by atoms with Gasteiger partial charge in [-0.05, 0) is 0 Å². The molecule has 1 aromatic rings. The quantitative estimate of drug-likeness (QED) is 0.573. The molecule has 0 atom stereocenters. The first-order chi connectivity index (χ1) is 6.29. The van der Waals surface area contributed by atoms with Crippen LogP contribution >= 0.6 is 11.6 Å². The van der Waals surface area contributed by atoms with Crippen molar-refractivity contribution in [3.8, 4) is 11.5 Å². The van der Waals surface area contributed by atoms with E-state index in [9.17, 15) is 13.2 Å². The minimum Gasteiger partial charge on any atom is -0.504 e. The van der Waals surface area contributed by atoms with E-state index >= 15 is 0 Å². The molecule has 14 heavy (non-hydrogen) atoms. The summed E-state index contributed by atoms with van der Waals surface area (Å²) in [5, 5.41) is 8.97. The molecule has 0 heterocycles. The summed E-state index contributed by atoms with van der Waals surface area (Å²) in [6.45, 7) is 0. The number of nitrogens with two attached hydrogens (primary N) is 1. The van der Waals surface area contributed by atoms with Crippen molar-refractivity contribution in [2.45, 2.75) is 6.36 Å². The number of aromatic hydroxyl groups is 1. The summed E-state index contributed by atoms with van der Waals surface area (Å²) in [5.74, 6) is -1.50. The SMILES string of the molecule is Nc1cc(OC(F)(F)F)c(O)cc1Cl. The van der Waals surface area contributed by atoms with E-state index in [1.165, 1.54) is 0 Å². The minimum absolute atomic E-state index is 0.0444. The molecule has 0 aliphatic rings. The fraction of sp³-hybridized carbons (Fsp3) is 0.143. The molecule has 0 bridgehead atoms. The molecule has 0 aromatic heterocycles. The second-order valence-electron chi connectivity index (χ2n) is 2.39. The number of anilines is 1. The number of phenols is 1. The molecule has 0 unspecified atom stereocenters. The first-order valence-corrected chi connectivity index (χ1v) is 3.71. The van der Waals surface area contributed by atoms with E-state index in [4.69, 9.17) is 22.4 Å². The van der Waals surface area contributed by atoms with Crippen LogP contribution < -0.4 is 10.5 Å². The molecule has 0 saturated carbocycles. The van der Waals surface area contributed by atoms with E-state index in [0.29, 0.717) is 0 Å². The molecule has 0 radical (unpaired) electrons. The lowest BCUT2D eigenvalue weighted by atomic mass is 10.3. The number of benzene rings is 1. The summed E-state index contributed by atoms with van der Waals surface area (Å²) < 4.78 is 38.7. The number of alkyl halides is 3. The topological polar surface area (TPSA) is 55.5 Å². The van der Waals surface area contributed by atoms with Crippen LogP contribution in [0.25, 0.3) is 0 Å². The number of hydrogen-bond acceptors (Lipinski definition) is 3. The average molecular weight is 228 g/mol. The predicted octanol–water partition coefficient (Wildman–Crippen LogP) is 2.53. The fourth-order valence-electron chi connectivity index (χ4n) is 0.765. The molecule has 3 nitrogen and oxygen atoms in total. The summed E-state index contributed by atoms with van der Waals surface area (Å²) in [6, 6.07) is 1.67. The van der Waals surface area contributed by atoms with Crippen LogP contribution in [0.5, 0.6) is 11.5 Å².